The van der Waals surface area contributed by atoms with Crippen molar-refractivity contribution in [1.82, 2.24) is 15.2 Å². The van der Waals surface area contributed by atoms with Crippen LogP contribution >= 0.6 is 22.9 Å². The molecule has 26 heavy (non-hydrogen) atoms. The van der Waals surface area contributed by atoms with Crippen LogP contribution in [0.4, 0.5) is 0 Å². The molecule has 1 aliphatic rings. The third-order valence-corrected chi connectivity index (χ3v) is 5.81. The van der Waals surface area contributed by atoms with Gasteiger partial charge in [0.2, 0.25) is 0 Å². The number of ether oxygens (including phenoxy) is 1. The molecule has 1 N–H and O–H groups in total. The van der Waals surface area contributed by atoms with Crippen molar-refractivity contribution in [3.8, 4) is 16.3 Å². The largest absolute Gasteiger partial charge is 0.496 e. The van der Waals surface area contributed by atoms with E-state index < -0.39 is 0 Å². The summed E-state index contributed by atoms with van der Waals surface area (Å²) >= 11 is 7.59. The van der Waals surface area contributed by atoms with Gasteiger partial charge in [-0.15, -0.1) is 11.3 Å². The normalized spacial score (nSPS) is 15.0. The first-order chi connectivity index (χ1) is 12.6. The number of rotatable bonds is 6. The molecule has 1 saturated heterocycles. The number of halogens is 1. The van der Waals surface area contributed by atoms with Crippen LogP contribution in [-0.2, 0) is 0 Å². The van der Waals surface area contributed by atoms with E-state index >= 15 is 0 Å². The Hall–Kier alpha value is -1.63. The highest BCUT2D eigenvalue weighted by Crippen LogP contribution is 2.36. The SMILES string of the molecule is COc1ccc(Cl)cc1-c1nc(C(=O)NCCN2CCCCC2)c(C)s1. The number of methoxy groups -OCH3 is 1. The zero-order valence-corrected chi connectivity index (χ0v) is 16.8. The van der Waals surface area contributed by atoms with Crippen LogP contribution in [0.2, 0.25) is 5.02 Å². The smallest absolute Gasteiger partial charge is 0.271 e. The summed E-state index contributed by atoms with van der Waals surface area (Å²) in [6.45, 7) is 5.71. The second kappa shape index (κ2) is 8.84. The lowest BCUT2D eigenvalue weighted by molar-refractivity contribution is 0.0942. The van der Waals surface area contributed by atoms with Crippen LogP contribution in [0, 0.1) is 6.92 Å². The van der Waals surface area contributed by atoms with Gasteiger partial charge in [-0.25, -0.2) is 4.98 Å². The van der Waals surface area contributed by atoms with Crippen LogP contribution in [0.3, 0.4) is 0 Å². The van der Waals surface area contributed by atoms with E-state index in [0.717, 1.165) is 35.1 Å². The van der Waals surface area contributed by atoms with Gasteiger partial charge in [0.1, 0.15) is 16.5 Å². The van der Waals surface area contributed by atoms with E-state index in [-0.39, 0.29) is 5.91 Å². The molecule has 0 unspecified atom stereocenters. The molecule has 0 saturated carbocycles. The molecule has 1 aliphatic heterocycles. The summed E-state index contributed by atoms with van der Waals surface area (Å²) in [5, 5.41) is 4.35. The van der Waals surface area contributed by atoms with E-state index in [1.54, 1.807) is 13.2 Å². The van der Waals surface area contributed by atoms with Gasteiger partial charge >= 0.3 is 0 Å². The Morgan fingerprint density at radius 2 is 2.12 bits per heavy atom. The van der Waals surface area contributed by atoms with Gasteiger partial charge in [0.25, 0.3) is 5.91 Å². The molecule has 2 heterocycles. The molecule has 0 radical (unpaired) electrons. The van der Waals surface area contributed by atoms with Crippen LogP contribution < -0.4 is 10.1 Å². The molecule has 5 nitrogen and oxygen atoms in total. The highest BCUT2D eigenvalue weighted by molar-refractivity contribution is 7.15. The van der Waals surface area contributed by atoms with Gasteiger partial charge in [0.15, 0.2) is 0 Å². The lowest BCUT2D eigenvalue weighted by Crippen LogP contribution is -2.37. The minimum Gasteiger partial charge on any atom is -0.496 e. The minimum absolute atomic E-state index is 0.122. The van der Waals surface area contributed by atoms with Crippen molar-refractivity contribution in [2.75, 3.05) is 33.3 Å². The number of thiazole rings is 1. The quantitative estimate of drug-likeness (QED) is 0.806. The molecular weight excluding hydrogens is 370 g/mol. The van der Waals surface area contributed by atoms with Crippen molar-refractivity contribution in [1.29, 1.82) is 0 Å². The van der Waals surface area contributed by atoms with Crippen LogP contribution in [-0.4, -0.2) is 49.1 Å². The van der Waals surface area contributed by atoms with Crippen molar-refractivity contribution in [3.05, 3.63) is 33.8 Å². The zero-order chi connectivity index (χ0) is 18.5. The third-order valence-electron chi connectivity index (χ3n) is 4.57. The number of benzene rings is 1. The molecule has 0 bridgehead atoms. The summed E-state index contributed by atoms with van der Waals surface area (Å²) < 4.78 is 5.40. The van der Waals surface area contributed by atoms with Crippen LogP contribution in [0.25, 0.3) is 10.6 Å². The first-order valence-corrected chi connectivity index (χ1v) is 10.1. The molecule has 3 rings (SSSR count). The number of carbonyl (C=O) groups is 1. The first-order valence-electron chi connectivity index (χ1n) is 8.90. The Bertz CT molecular complexity index is 772. The monoisotopic (exact) mass is 393 g/mol. The Balaban J connectivity index is 1.67. The fourth-order valence-corrected chi connectivity index (χ4v) is 4.27. The van der Waals surface area contributed by atoms with E-state index in [4.69, 9.17) is 16.3 Å². The van der Waals surface area contributed by atoms with E-state index in [9.17, 15) is 4.79 Å². The molecule has 1 aromatic carbocycles. The number of aryl methyl sites for hydroxylation is 1. The zero-order valence-electron chi connectivity index (χ0n) is 15.2. The van der Waals surface area contributed by atoms with E-state index in [0.29, 0.717) is 23.0 Å². The predicted molar refractivity (Wildman–Crippen MR) is 106 cm³/mol. The summed E-state index contributed by atoms with van der Waals surface area (Å²) in [5.41, 5.74) is 1.28. The molecule has 0 aliphatic carbocycles. The standard InChI is InChI=1S/C19H24ClN3O2S/c1-13-17(18(24)21-8-11-23-9-4-3-5-10-23)22-19(26-13)15-12-14(20)6-7-16(15)25-2/h6-7,12H,3-5,8-11H2,1-2H3,(H,21,24). The number of amides is 1. The number of likely N-dealkylation sites (tertiary alicyclic amines) is 1. The molecule has 0 spiro atoms. The summed E-state index contributed by atoms with van der Waals surface area (Å²) in [6.07, 6.45) is 3.82. The van der Waals surface area contributed by atoms with Gasteiger partial charge in [-0.2, -0.15) is 0 Å². The van der Waals surface area contributed by atoms with Gasteiger partial charge in [-0.1, -0.05) is 18.0 Å². The fourth-order valence-electron chi connectivity index (χ4n) is 3.16. The number of piperidine rings is 1. The summed E-state index contributed by atoms with van der Waals surface area (Å²) in [5.74, 6) is 0.572. The van der Waals surface area contributed by atoms with Crippen molar-refractivity contribution in [2.24, 2.45) is 0 Å². The maximum Gasteiger partial charge on any atom is 0.271 e. The van der Waals surface area contributed by atoms with Crippen molar-refractivity contribution in [2.45, 2.75) is 26.2 Å². The van der Waals surface area contributed by atoms with Gasteiger partial charge in [0.05, 0.1) is 12.7 Å². The van der Waals surface area contributed by atoms with Gasteiger partial charge < -0.3 is 15.0 Å². The van der Waals surface area contributed by atoms with Crippen molar-refractivity contribution >= 4 is 28.8 Å². The summed E-state index contributed by atoms with van der Waals surface area (Å²) in [4.78, 5) is 20.4. The number of carbonyl (C=O) groups excluding carboxylic acids is 1. The van der Waals surface area contributed by atoms with Crippen LogP contribution in [0.5, 0.6) is 5.75 Å². The maximum absolute atomic E-state index is 12.5. The van der Waals surface area contributed by atoms with Crippen LogP contribution in [0.1, 0.15) is 34.6 Å². The van der Waals surface area contributed by atoms with E-state index in [2.05, 4.69) is 15.2 Å². The second-order valence-electron chi connectivity index (χ2n) is 6.43. The maximum atomic E-state index is 12.5. The Labute approximate surface area is 163 Å². The second-order valence-corrected chi connectivity index (χ2v) is 8.07. The highest BCUT2D eigenvalue weighted by atomic mass is 35.5. The molecular formula is C19H24ClN3O2S. The van der Waals surface area contributed by atoms with Gasteiger partial charge in [-0.3, -0.25) is 4.79 Å². The molecule has 7 heteroatoms. The average molecular weight is 394 g/mol. The molecule has 0 atom stereocenters. The highest BCUT2D eigenvalue weighted by Gasteiger charge is 2.19. The third kappa shape index (κ3) is 4.55. The Morgan fingerprint density at radius 3 is 2.85 bits per heavy atom. The minimum atomic E-state index is -0.122. The molecule has 1 amide bonds. The molecule has 1 aromatic heterocycles. The van der Waals surface area contributed by atoms with Crippen LogP contribution in [0.15, 0.2) is 18.2 Å². The van der Waals surface area contributed by atoms with Gasteiger partial charge in [0, 0.05) is 23.0 Å². The fraction of sp³-hybridized carbons (Fsp3) is 0.474. The predicted octanol–water partition coefficient (Wildman–Crippen LogP) is 4.00. The summed E-state index contributed by atoms with van der Waals surface area (Å²) in [6, 6.07) is 5.40. The molecule has 2 aromatic rings. The van der Waals surface area contributed by atoms with Gasteiger partial charge in [-0.05, 0) is 51.1 Å². The molecule has 140 valence electrons. The Morgan fingerprint density at radius 1 is 1.35 bits per heavy atom. The first kappa shape index (κ1) is 19.1. The van der Waals surface area contributed by atoms with E-state index in [1.807, 2.05) is 19.1 Å². The van der Waals surface area contributed by atoms with Crippen molar-refractivity contribution in [3.63, 3.8) is 0 Å². The summed E-state index contributed by atoms with van der Waals surface area (Å²) in [7, 11) is 1.61. The topological polar surface area (TPSA) is 54.5 Å². The Kier molecular flexibility index (Phi) is 6.51. The molecule has 1 fully saturated rings. The average Bonchev–Trinajstić information content (AvgIpc) is 3.04. The number of nitrogens with zero attached hydrogens (tertiary/aromatic N) is 2. The number of aromatic nitrogens is 1. The number of hydrogen-bond acceptors (Lipinski definition) is 5. The lowest BCUT2D eigenvalue weighted by atomic mass is 10.1. The van der Waals surface area contributed by atoms with Crippen molar-refractivity contribution < 1.29 is 9.53 Å². The number of hydrogen-bond donors (Lipinski definition) is 1. The number of nitrogens with one attached hydrogen (secondary N) is 1. The lowest BCUT2D eigenvalue weighted by Gasteiger charge is -2.26. The van der Waals surface area contributed by atoms with E-state index in [1.165, 1.54) is 30.6 Å².